The van der Waals surface area contributed by atoms with Gasteiger partial charge in [0, 0.05) is 36.5 Å². The van der Waals surface area contributed by atoms with Gasteiger partial charge >= 0.3 is 0 Å². The number of hydrogen-bond donors (Lipinski definition) is 1. The third kappa shape index (κ3) is 2.58. The van der Waals surface area contributed by atoms with E-state index < -0.39 is 0 Å². The maximum absolute atomic E-state index is 12.5. The summed E-state index contributed by atoms with van der Waals surface area (Å²) in [5.41, 5.74) is 0.629. The van der Waals surface area contributed by atoms with Crippen molar-refractivity contribution in [2.24, 2.45) is 0 Å². The average Bonchev–Trinajstić information content (AvgIpc) is 2.61. The molecule has 0 radical (unpaired) electrons. The van der Waals surface area contributed by atoms with Crippen molar-refractivity contribution in [3.05, 3.63) is 52.9 Å². The average molecular weight is 327 g/mol. The summed E-state index contributed by atoms with van der Waals surface area (Å²) in [4.78, 5) is 19.4. The van der Waals surface area contributed by atoms with Crippen molar-refractivity contribution >= 4 is 34.9 Å². The number of thiol groups is 1. The van der Waals surface area contributed by atoms with E-state index in [1.165, 1.54) is 0 Å². The Labute approximate surface area is 138 Å². The molecule has 1 aliphatic heterocycles. The van der Waals surface area contributed by atoms with Gasteiger partial charge in [-0.3, -0.25) is 9.20 Å². The normalized spacial score (nSPS) is 18.7. The number of rotatable bonds is 2. The monoisotopic (exact) mass is 327 g/mol. The lowest BCUT2D eigenvalue weighted by Crippen LogP contribution is -2.44. The fourth-order valence-electron chi connectivity index (χ4n) is 3.01. The third-order valence-corrected chi connectivity index (χ3v) is 4.62. The number of nitrogens with zero attached hydrogens (tertiary/aromatic N) is 3. The first-order valence-corrected chi connectivity index (χ1v) is 8.28. The van der Waals surface area contributed by atoms with E-state index >= 15 is 0 Å². The minimum absolute atomic E-state index is 0.0651. The van der Waals surface area contributed by atoms with E-state index in [0.29, 0.717) is 30.4 Å². The van der Waals surface area contributed by atoms with E-state index in [-0.39, 0.29) is 11.7 Å². The third-order valence-electron chi connectivity index (χ3n) is 4.21. The molecule has 0 saturated carbocycles. The Bertz CT molecular complexity index is 924. The van der Waals surface area contributed by atoms with Gasteiger partial charge in [0.15, 0.2) is 0 Å². The van der Waals surface area contributed by atoms with Crippen LogP contribution in [0.3, 0.4) is 0 Å². The van der Waals surface area contributed by atoms with Crippen molar-refractivity contribution in [1.29, 1.82) is 0 Å². The summed E-state index contributed by atoms with van der Waals surface area (Å²) in [6, 6.07) is 11.5. The zero-order valence-electron chi connectivity index (χ0n) is 12.6. The highest BCUT2D eigenvalue weighted by molar-refractivity contribution is 7.80. The van der Waals surface area contributed by atoms with Gasteiger partial charge in [-0.1, -0.05) is 24.3 Å². The Hall–Kier alpha value is -2.05. The number of hydrogen-bond acceptors (Lipinski definition) is 5. The van der Waals surface area contributed by atoms with E-state index in [1.807, 2.05) is 30.3 Å². The second-order valence-electron chi connectivity index (χ2n) is 5.67. The lowest BCUT2D eigenvalue weighted by atomic mass is 10.1. The van der Waals surface area contributed by atoms with Crippen LogP contribution in [0.2, 0.25) is 0 Å². The molecule has 3 aromatic rings. The van der Waals surface area contributed by atoms with E-state index in [0.717, 1.165) is 17.3 Å². The standard InChI is InChI=1S/C17H17N3O2S/c21-16-9-15(19-7-8-22-13(10-19)11-23)18-17-14-4-2-1-3-12(14)5-6-20(16)17/h1-6,9,13,23H,7-8,10-11H2. The summed E-state index contributed by atoms with van der Waals surface area (Å²) in [5.74, 6) is 1.37. The molecule has 4 rings (SSSR count). The van der Waals surface area contributed by atoms with E-state index in [2.05, 4.69) is 17.5 Å². The molecule has 1 fully saturated rings. The van der Waals surface area contributed by atoms with E-state index in [4.69, 9.17) is 9.72 Å². The lowest BCUT2D eigenvalue weighted by Gasteiger charge is -2.33. The van der Waals surface area contributed by atoms with Crippen LogP contribution in [-0.2, 0) is 4.74 Å². The maximum atomic E-state index is 12.5. The molecule has 2 aromatic heterocycles. The van der Waals surface area contributed by atoms with Crippen molar-refractivity contribution in [1.82, 2.24) is 9.38 Å². The molecular formula is C17H17N3O2S. The number of pyridine rings is 1. The highest BCUT2D eigenvalue weighted by Gasteiger charge is 2.21. The van der Waals surface area contributed by atoms with Crippen LogP contribution in [0.4, 0.5) is 5.82 Å². The first kappa shape index (κ1) is 14.5. The molecule has 0 bridgehead atoms. The van der Waals surface area contributed by atoms with Gasteiger partial charge in [0.05, 0.1) is 12.7 Å². The number of fused-ring (bicyclic) bond motifs is 3. The highest BCUT2D eigenvalue weighted by atomic mass is 32.1. The fraction of sp³-hybridized carbons (Fsp3) is 0.294. The Morgan fingerprint density at radius 2 is 2.17 bits per heavy atom. The zero-order chi connectivity index (χ0) is 15.8. The Kier molecular flexibility index (Phi) is 3.71. The molecule has 1 aromatic carbocycles. The summed E-state index contributed by atoms with van der Waals surface area (Å²) in [7, 11) is 0. The Balaban J connectivity index is 1.88. The molecule has 1 unspecified atom stereocenters. The van der Waals surface area contributed by atoms with E-state index in [1.54, 1.807) is 16.7 Å². The Morgan fingerprint density at radius 3 is 3.04 bits per heavy atom. The fourth-order valence-corrected chi connectivity index (χ4v) is 3.23. The van der Waals surface area contributed by atoms with Crippen LogP contribution in [0.1, 0.15) is 0 Å². The van der Waals surface area contributed by atoms with Gasteiger partial charge in [-0.15, -0.1) is 0 Å². The summed E-state index contributed by atoms with van der Waals surface area (Å²) in [6.45, 7) is 2.07. The molecule has 1 atom stereocenters. The van der Waals surface area contributed by atoms with Crippen LogP contribution in [0.15, 0.2) is 47.4 Å². The predicted octanol–water partition coefficient (Wildman–Crippen LogP) is 1.98. The van der Waals surface area contributed by atoms with Crippen LogP contribution in [0.25, 0.3) is 16.4 Å². The molecule has 0 spiro atoms. The molecule has 0 aliphatic carbocycles. The number of ether oxygens (including phenoxy) is 1. The smallest absolute Gasteiger partial charge is 0.259 e. The van der Waals surface area contributed by atoms with Gasteiger partial charge in [0.25, 0.3) is 5.56 Å². The molecule has 118 valence electrons. The second kappa shape index (κ2) is 5.86. The van der Waals surface area contributed by atoms with Gasteiger partial charge in [-0.2, -0.15) is 12.6 Å². The molecule has 1 saturated heterocycles. The molecule has 1 aliphatic rings. The summed E-state index contributed by atoms with van der Waals surface area (Å²) < 4.78 is 7.24. The molecule has 5 nitrogen and oxygen atoms in total. The quantitative estimate of drug-likeness (QED) is 0.578. The molecule has 23 heavy (non-hydrogen) atoms. The summed E-state index contributed by atoms with van der Waals surface area (Å²) in [6.07, 6.45) is 1.85. The van der Waals surface area contributed by atoms with Gasteiger partial charge in [-0.05, 0) is 11.5 Å². The van der Waals surface area contributed by atoms with Gasteiger partial charge in [0.2, 0.25) is 0 Å². The van der Waals surface area contributed by atoms with Crippen LogP contribution >= 0.6 is 12.6 Å². The number of aromatic nitrogens is 2. The summed E-state index contributed by atoms with van der Waals surface area (Å²) in [5, 5.41) is 2.06. The highest BCUT2D eigenvalue weighted by Crippen LogP contribution is 2.20. The minimum atomic E-state index is -0.0651. The van der Waals surface area contributed by atoms with Crippen LogP contribution in [-0.4, -0.2) is 40.9 Å². The first-order valence-electron chi connectivity index (χ1n) is 7.65. The number of anilines is 1. The van der Waals surface area contributed by atoms with Crippen LogP contribution < -0.4 is 10.5 Å². The molecule has 6 heteroatoms. The van der Waals surface area contributed by atoms with Gasteiger partial charge < -0.3 is 9.64 Å². The largest absolute Gasteiger partial charge is 0.374 e. The number of benzene rings is 1. The molecular weight excluding hydrogens is 310 g/mol. The zero-order valence-corrected chi connectivity index (χ0v) is 13.4. The minimum Gasteiger partial charge on any atom is -0.374 e. The second-order valence-corrected chi connectivity index (χ2v) is 6.04. The van der Waals surface area contributed by atoms with E-state index in [9.17, 15) is 4.79 Å². The molecule has 0 amide bonds. The van der Waals surface area contributed by atoms with Gasteiger partial charge in [0.1, 0.15) is 11.5 Å². The molecule has 3 heterocycles. The topological polar surface area (TPSA) is 46.8 Å². The SMILES string of the molecule is O=c1cc(N2CCOC(CS)C2)nc2c3ccccc3ccn12. The van der Waals surface area contributed by atoms with Crippen molar-refractivity contribution < 1.29 is 4.74 Å². The van der Waals surface area contributed by atoms with Crippen LogP contribution in [0.5, 0.6) is 0 Å². The van der Waals surface area contributed by atoms with Crippen molar-refractivity contribution in [3.63, 3.8) is 0 Å². The predicted molar refractivity (Wildman–Crippen MR) is 94.8 cm³/mol. The van der Waals surface area contributed by atoms with Crippen molar-refractivity contribution in [3.8, 4) is 0 Å². The van der Waals surface area contributed by atoms with Crippen molar-refractivity contribution in [2.75, 3.05) is 30.3 Å². The maximum Gasteiger partial charge on any atom is 0.259 e. The molecule has 0 N–H and O–H groups in total. The van der Waals surface area contributed by atoms with Gasteiger partial charge in [-0.25, -0.2) is 4.98 Å². The number of morpholine rings is 1. The summed E-state index contributed by atoms with van der Waals surface area (Å²) >= 11 is 4.31. The first-order chi connectivity index (χ1) is 11.3. The van der Waals surface area contributed by atoms with Crippen LogP contribution in [0, 0.1) is 0 Å². The Morgan fingerprint density at radius 1 is 1.30 bits per heavy atom. The van der Waals surface area contributed by atoms with Crippen molar-refractivity contribution in [2.45, 2.75) is 6.10 Å². The lowest BCUT2D eigenvalue weighted by molar-refractivity contribution is 0.0563.